The van der Waals surface area contributed by atoms with Crippen molar-refractivity contribution in [1.82, 2.24) is 0 Å². The highest BCUT2D eigenvalue weighted by atomic mass is 16.5. The number of morpholine rings is 1. The quantitative estimate of drug-likeness (QED) is 0.361. The van der Waals surface area contributed by atoms with E-state index in [-0.39, 0.29) is 5.57 Å². The third-order valence-electron chi connectivity index (χ3n) is 3.39. The van der Waals surface area contributed by atoms with Gasteiger partial charge in [0, 0.05) is 18.8 Å². The zero-order chi connectivity index (χ0) is 15.9. The van der Waals surface area contributed by atoms with E-state index in [1.807, 2.05) is 24.3 Å². The minimum Gasteiger partial charge on any atom is -0.465 e. The van der Waals surface area contributed by atoms with Gasteiger partial charge in [0.15, 0.2) is 0 Å². The Morgan fingerprint density at radius 2 is 1.59 bits per heavy atom. The molecular weight excluding hydrogens is 286 g/mol. The molecule has 1 fully saturated rings. The number of anilines is 1. The van der Waals surface area contributed by atoms with Gasteiger partial charge in [-0.3, -0.25) is 0 Å². The van der Waals surface area contributed by atoms with Crippen molar-refractivity contribution in [3.63, 3.8) is 0 Å². The summed E-state index contributed by atoms with van der Waals surface area (Å²) in [6.07, 6.45) is 1.46. The highest BCUT2D eigenvalue weighted by molar-refractivity contribution is 6.17. The Hall–Kier alpha value is -2.34. The zero-order valence-corrected chi connectivity index (χ0v) is 12.7. The Labute approximate surface area is 129 Å². The predicted octanol–water partition coefficient (Wildman–Crippen LogP) is 1.25. The molecule has 22 heavy (non-hydrogen) atoms. The maximum atomic E-state index is 11.6. The molecule has 0 unspecified atom stereocenters. The van der Waals surface area contributed by atoms with Crippen molar-refractivity contribution >= 4 is 23.7 Å². The Bertz CT molecular complexity index is 540. The molecule has 0 aliphatic carbocycles. The minimum atomic E-state index is -0.718. The lowest BCUT2D eigenvalue weighted by Crippen LogP contribution is -2.36. The van der Waals surface area contributed by atoms with Crippen LogP contribution in [-0.4, -0.2) is 52.5 Å². The number of carbonyl (C=O) groups is 2. The van der Waals surface area contributed by atoms with Crippen molar-refractivity contribution in [2.45, 2.75) is 0 Å². The number of methoxy groups -OCH3 is 2. The molecule has 6 heteroatoms. The van der Waals surface area contributed by atoms with Crippen LogP contribution in [0.1, 0.15) is 5.56 Å². The molecule has 0 saturated carbocycles. The van der Waals surface area contributed by atoms with E-state index in [0.717, 1.165) is 37.6 Å². The molecule has 1 saturated heterocycles. The summed E-state index contributed by atoms with van der Waals surface area (Å²) in [4.78, 5) is 25.5. The third-order valence-corrected chi connectivity index (χ3v) is 3.39. The van der Waals surface area contributed by atoms with E-state index in [9.17, 15) is 9.59 Å². The lowest BCUT2D eigenvalue weighted by molar-refractivity contribution is -0.143. The van der Waals surface area contributed by atoms with Crippen LogP contribution in [0.15, 0.2) is 29.8 Å². The molecule has 0 spiro atoms. The summed E-state index contributed by atoms with van der Waals surface area (Å²) in [7, 11) is 2.45. The molecule has 0 N–H and O–H groups in total. The second kappa shape index (κ2) is 7.61. The van der Waals surface area contributed by atoms with Crippen molar-refractivity contribution in [2.75, 3.05) is 45.4 Å². The van der Waals surface area contributed by atoms with Crippen molar-refractivity contribution in [3.8, 4) is 0 Å². The fourth-order valence-electron chi connectivity index (χ4n) is 2.19. The first kappa shape index (κ1) is 16.0. The average molecular weight is 305 g/mol. The molecule has 1 aromatic carbocycles. The van der Waals surface area contributed by atoms with E-state index in [1.165, 1.54) is 20.3 Å². The third kappa shape index (κ3) is 3.85. The molecule has 2 rings (SSSR count). The van der Waals surface area contributed by atoms with E-state index in [1.54, 1.807) is 0 Å². The average Bonchev–Trinajstić information content (AvgIpc) is 2.59. The van der Waals surface area contributed by atoms with Crippen molar-refractivity contribution in [3.05, 3.63) is 35.4 Å². The van der Waals surface area contributed by atoms with Gasteiger partial charge in [0.1, 0.15) is 5.57 Å². The summed E-state index contributed by atoms with van der Waals surface area (Å²) in [5, 5.41) is 0. The summed E-state index contributed by atoms with van der Waals surface area (Å²) in [5.41, 5.74) is 1.67. The van der Waals surface area contributed by atoms with Gasteiger partial charge >= 0.3 is 11.9 Å². The lowest BCUT2D eigenvalue weighted by atomic mass is 10.1. The molecular formula is C16H19NO5. The molecule has 6 nitrogen and oxygen atoms in total. The largest absolute Gasteiger partial charge is 0.465 e. The SMILES string of the molecule is COC(=O)C(=Cc1ccc(N2CCOCC2)cc1)C(=O)OC. The summed E-state index contributed by atoms with van der Waals surface area (Å²) < 4.78 is 14.5. The van der Waals surface area contributed by atoms with Gasteiger partial charge in [-0.2, -0.15) is 0 Å². The van der Waals surface area contributed by atoms with E-state index >= 15 is 0 Å². The number of carbonyl (C=O) groups excluding carboxylic acids is 2. The highest BCUT2D eigenvalue weighted by Crippen LogP contribution is 2.18. The molecule has 1 aromatic rings. The summed E-state index contributed by atoms with van der Waals surface area (Å²) >= 11 is 0. The topological polar surface area (TPSA) is 65.1 Å². The van der Waals surface area contributed by atoms with E-state index in [2.05, 4.69) is 14.4 Å². The van der Waals surface area contributed by atoms with Crippen molar-refractivity contribution in [2.24, 2.45) is 0 Å². The first-order valence-electron chi connectivity index (χ1n) is 6.97. The van der Waals surface area contributed by atoms with Crippen LogP contribution in [0.5, 0.6) is 0 Å². The van der Waals surface area contributed by atoms with Crippen molar-refractivity contribution in [1.29, 1.82) is 0 Å². The number of benzene rings is 1. The van der Waals surface area contributed by atoms with Gasteiger partial charge in [-0.1, -0.05) is 12.1 Å². The van der Waals surface area contributed by atoms with Crippen LogP contribution >= 0.6 is 0 Å². The Morgan fingerprint density at radius 3 is 2.09 bits per heavy atom. The smallest absolute Gasteiger partial charge is 0.345 e. The molecule has 0 bridgehead atoms. The van der Waals surface area contributed by atoms with Crippen LogP contribution in [0.4, 0.5) is 5.69 Å². The Kier molecular flexibility index (Phi) is 5.55. The molecule has 118 valence electrons. The molecule has 1 aliphatic rings. The van der Waals surface area contributed by atoms with Gasteiger partial charge in [0.05, 0.1) is 27.4 Å². The number of rotatable bonds is 4. The lowest BCUT2D eigenvalue weighted by Gasteiger charge is -2.28. The molecule has 1 heterocycles. The van der Waals surface area contributed by atoms with E-state index in [0.29, 0.717) is 0 Å². The van der Waals surface area contributed by atoms with E-state index in [4.69, 9.17) is 4.74 Å². The maximum absolute atomic E-state index is 11.6. The molecule has 0 aromatic heterocycles. The van der Waals surface area contributed by atoms with Gasteiger partial charge in [0.25, 0.3) is 0 Å². The summed E-state index contributed by atoms with van der Waals surface area (Å²) in [6, 6.07) is 7.58. The first-order valence-corrected chi connectivity index (χ1v) is 6.97. The van der Waals surface area contributed by atoms with Crippen molar-refractivity contribution < 1.29 is 23.8 Å². The molecule has 1 aliphatic heterocycles. The Morgan fingerprint density at radius 1 is 1.05 bits per heavy atom. The van der Waals surface area contributed by atoms with Gasteiger partial charge < -0.3 is 19.1 Å². The number of esters is 2. The zero-order valence-electron chi connectivity index (χ0n) is 12.7. The second-order valence-corrected chi connectivity index (χ2v) is 4.73. The summed E-state index contributed by atoms with van der Waals surface area (Å²) in [6.45, 7) is 3.14. The standard InChI is InChI=1S/C16H19NO5/c1-20-15(18)14(16(19)21-2)11-12-3-5-13(6-4-12)17-7-9-22-10-8-17/h3-6,11H,7-10H2,1-2H3. The highest BCUT2D eigenvalue weighted by Gasteiger charge is 2.19. The number of ether oxygens (including phenoxy) is 3. The number of hydrogen-bond acceptors (Lipinski definition) is 6. The van der Waals surface area contributed by atoms with Crippen LogP contribution in [0.3, 0.4) is 0 Å². The Balaban J connectivity index is 2.18. The van der Waals surface area contributed by atoms with Crippen LogP contribution in [-0.2, 0) is 23.8 Å². The number of hydrogen-bond donors (Lipinski definition) is 0. The second-order valence-electron chi connectivity index (χ2n) is 4.73. The van der Waals surface area contributed by atoms with E-state index < -0.39 is 11.9 Å². The van der Waals surface area contributed by atoms with Crippen LogP contribution in [0, 0.1) is 0 Å². The predicted molar refractivity (Wildman–Crippen MR) is 81.5 cm³/mol. The van der Waals surface area contributed by atoms with Crippen LogP contribution < -0.4 is 4.90 Å². The molecule has 0 amide bonds. The molecule has 0 atom stereocenters. The van der Waals surface area contributed by atoms with Gasteiger partial charge in [-0.15, -0.1) is 0 Å². The van der Waals surface area contributed by atoms with Gasteiger partial charge in [0.2, 0.25) is 0 Å². The normalized spacial score (nSPS) is 14.2. The monoisotopic (exact) mass is 305 g/mol. The fourth-order valence-corrected chi connectivity index (χ4v) is 2.19. The van der Waals surface area contributed by atoms with Crippen LogP contribution in [0.25, 0.3) is 6.08 Å². The van der Waals surface area contributed by atoms with Gasteiger partial charge in [-0.25, -0.2) is 9.59 Å². The minimum absolute atomic E-state index is 0.135. The maximum Gasteiger partial charge on any atom is 0.345 e. The van der Waals surface area contributed by atoms with Gasteiger partial charge in [-0.05, 0) is 23.8 Å². The molecule has 0 radical (unpaired) electrons. The number of nitrogens with zero attached hydrogens (tertiary/aromatic N) is 1. The van der Waals surface area contributed by atoms with Crippen LogP contribution in [0.2, 0.25) is 0 Å². The first-order chi connectivity index (χ1) is 10.7. The summed E-state index contributed by atoms with van der Waals surface area (Å²) in [5.74, 6) is -1.44. The fraction of sp³-hybridized carbons (Fsp3) is 0.375.